The van der Waals surface area contributed by atoms with E-state index in [0.29, 0.717) is 0 Å². The number of hydrogen-bond donors (Lipinski definition) is 0. The molecule has 0 aromatic carbocycles. The Morgan fingerprint density at radius 2 is 2.12 bits per heavy atom. The zero-order chi connectivity index (χ0) is 11.5. The minimum Gasteiger partial charge on any atom is -0.360 e. The van der Waals surface area contributed by atoms with Gasteiger partial charge in [0.05, 0.1) is 12.2 Å². The van der Waals surface area contributed by atoms with E-state index in [9.17, 15) is 0 Å². The highest BCUT2D eigenvalue weighted by Gasteiger charge is 2.06. The van der Waals surface area contributed by atoms with Gasteiger partial charge in [-0.1, -0.05) is 5.16 Å². The first-order chi connectivity index (χ1) is 7.63. The molecule has 2 aromatic heterocycles. The summed E-state index contributed by atoms with van der Waals surface area (Å²) in [6, 6.07) is 6.32. The third-order valence-electron chi connectivity index (χ3n) is 2.32. The standard InChI is InChI=1S/C12H16N2OS/c1-9-6-11(15-13-9)7-14(3)8-12-5-4-10(2)16-12/h4-6H,7-8H2,1-3H3. The highest BCUT2D eigenvalue weighted by Crippen LogP contribution is 2.17. The van der Waals surface area contributed by atoms with E-state index in [-0.39, 0.29) is 0 Å². The first-order valence-electron chi connectivity index (χ1n) is 5.29. The molecule has 0 bridgehead atoms. The molecule has 0 radical (unpaired) electrons. The molecule has 0 N–H and O–H groups in total. The van der Waals surface area contributed by atoms with Crippen LogP contribution in [0.15, 0.2) is 22.7 Å². The number of hydrogen-bond acceptors (Lipinski definition) is 4. The van der Waals surface area contributed by atoms with Gasteiger partial charge in [-0.3, -0.25) is 4.90 Å². The van der Waals surface area contributed by atoms with Crippen LogP contribution in [0.3, 0.4) is 0 Å². The van der Waals surface area contributed by atoms with Gasteiger partial charge in [0.1, 0.15) is 0 Å². The normalized spacial score (nSPS) is 11.2. The fraction of sp³-hybridized carbons (Fsp3) is 0.417. The Hall–Kier alpha value is -1.13. The summed E-state index contributed by atoms with van der Waals surface area (Å²) in [5.74, 6) is 0.924. The molecule has 16 heavy (non-hydrogen) atoms. The average Bonchev–Trinajstić information content (AvgIpc) is 2.76. The number of rotatable bonds is 4. The number of nitrogens with zero attached hydrogens (tertiary/aromatic N) is 2. The number of aromatic nitrogens is 1. The van der Waals surface area contributed by atoms with Crippen LogP contribution in [-0.4, -0.2) is 17.1 Å². The van der Waals surface area contributed by atoms with Gasteiger partial charge in [-0.15, -0.1) is 11.3 Å². The molecule has 4 heteroatoms. The van der Waals surface area contributed by atoms with E-state index < -0.39 is 0 Å². The molecule has 2 heterocycles. The van der Waals surface area contributed by atoms with Gasteiger partial charge in [0.25, 0.3) is 0 Å². The van der Waals surface area contributed by atoms with E-state index in [4.69, 9.17) is 4.52 Å². The van der Waals surface area contributed by atoms with Gasteiger partial charge < -0.3 is 4.52 Å². The van der Waals surface area contributed by atoms with Crippen LogP contribution >= 0.6 is 11.3 Å². The lowest BCUT2D eigenvalue weighted by Gasteiger charge is -2.12. The van der Waals surface area contributed by atoms with Crippen LogP contribution in [0, 0.1) is 13.8 Å². The van der Waals surface area contributed by atoms with E-state index in [1.54, 1.807) is 0 Å². The van der Waals surface area contributed by atoms with Crippen molar-refractivity contribution in [3.05, 3.63) is 39.4 Å². The Morgan fingerprint density at radius 1 is 1.31 bits per heavy atom. The first-order valence-corrected chi connectivity index (χ1v) is 6.11. The van der Waals surface area contributed by atoms with Crippen molar-refractivity contribution in [2.75, 3.05) is 7.05 Å². The molecule has 3 nitrogen and oxygen atoms in total. The van der Waals surface area contributed by atoms with E-state index in [1.807, 2.05) is 24.3 Å². The van der Waals surface area contributed by atoms with Crippen molar-refractivity contribution < 1.29 is 4.52 Å². The minimum absolute atomic E-state index is 0.803. The lowest BCUT2D eigenvalue weighted by Crippen LogP contribution is -2.16. The summed E-state index contributed by atoms with van der Waals surface area (Å²) < 4.78 is 5.19. The Kier molecular flexibility index (Phi) is 3.41. The average molecular weight is 236 g/mol. The van der Waals surface area contributed by atoms with Gasteiger partial charge in [0, 0.05) is 22.4 Å². The Bertz CT molecular complexity index is 419. The van der Waals surface area contributed by atoms with E-state index >= 15 is 0 Å². The molecule has 0 fully saturated rings. The van der Waals surface area contributed by atoms with Crippen molar-refractivity contribution in [3.63, 3.8) is 0 Å². The summed E-state index contributed by atoms with van der Waals surface area (Å²) in [7, 11) is 2.09. The summed E-state index contributed by atoms with van der Waals surface area (Å²) >= 11 is 1.84. The van der Waals surface area contributed by atoms with Crippen LogP contribution in [0.2, 0.25) is 0 Å². The van der Waals surface area contributed by atoms with Crippen LogP contribution in [0.1, 0.15) is 21.2 Å². The molecule has 0 spiro atoms. The van der Waals surface area contributed by atoms with Crippen molar-refractivity contribution in [2.24, 2.45) is 0 Å². The van der Waals surface area contributed by atoms with Gasteiger partial charge in [0.15, 0.2) is 5.76 Å². The molecule has 0 unspecified atom stereocenters. The second kappa shape index (κ2) is 4.80. The maximum atomic E-state index is 5.19. The molecule has 0 aliphatic rings. The van der Waals surface area contributed by atoms with Gasteiger partial charge in [-0.05, 0) is 33.0 Å². The van der Waals surface area contributed by atoms with Crippen molar-refractivity contribution in [2.45, 2.75) is 26.9 Å². The van der Waals surface area contributed by atoms with Crippen LogP contribution in [0.25, 0.3) is 0 Å². The largest absolute Gasteiger partial charge is 0.360 e. The fourth-order valence-corrected chi connectivity index (χ4v) is 2.62. The zero-order valence-electron chi connectivity index (χ0n) is 9.86. The highest BCUT2D eigenvalue weighted by molar-refractivity contribution is 7.11. The fourth-order valence-electron chi connectivity index (χ4n) is 1.65. The zero-order valence-corrected chi connectivity index (χ0v) is 10.7. The third-order valence-corrected chi connectivity index (χ3v) is 3.31. The maximum Gasteiger partial charge on any atom is 0.150 e. The Labute approximate surface area is 99.7 Å². The molecule has 0 amide bonds. The van der Waals surface area contributed by atoms with Crippen LogP contribution in [0.4, 0.5) is 0 Å². The molecule has 2 aromatic rings. The van der Waals surface area contributed by atoms with Crippen molar-refractivity contribution in [1.29, 1.82) is 0 Å². The number of aryl methyl sites for hydroxylation is 2. The van der Waals surface area contributed by atoms with Gasteiger partial charge in [0.2, 0.25) is 0 Å². The summed E-state index contributed by atoms with van der Waals surface area (Å²) in [6.45, 7) is 5.83. The molecule has 0 aliphatic heterocycles. The van der Waals surface area contributed by atoms with Crippen LogP contribution < -0.4 is 0 Å². The Morgan fingerprint density at radius 3 is 2.69 bits per heavy atom. The van der Waals surface area contributed by atoms with Gasteiger partial charge in [-0.2, -0.15) is 0 Å². The monoisotopic (exact) mass is 236 g/mol. The molecule has 0 atom stereocenters. The number of thiophene rings is 1. The first kappa shape index (κ1) is 11.4. The summed E-state index contributed by atoms with van der Waals surface area (Å²) in [4.78, 5) is 4.97. The summed E-state index contributed by atoms with van der Waals surface area (Å²) in [5.41, 5.74) is 0.940. The minimum atomic E-state index is 0.803. The van der Waals surface area contributed by atoms with Gasteiger partial charge >= 0.3 is 0 Å². The quantitative estimate of drug-likeness (QED) is 0.817. The van der Waals surface area contributed by atoms with Crippen LogP contribution in [-0.2, 0) is 13.1 Å². The maximum absolute atomic E-state index is 5.19. The Balaban J connectivity index is 1.91. The van der Waals surface area contributed by atoms with Crippen molar-refractivity contribution >= 4 is 11.3 Å². The predicted molar refractivity (Wildman–Crippen MR) is 65.5 cm³/mol. The van der Waals surface area contributed by atoms with E-state index in [0.717, 1.165) is 24.5 Å². The molecule has 2 rings (SSSR count). The van der Waals surface area contributed by atoms with Crippen molar-refractivity contribution in [3.8, 4) is 0 Å². The second-order valence-corrected chi connectivity index (χ2v) is 5.49. The molecule has 0 saturated carbocycles. The molecule has 86 valence electrons. The molecule has 0 aliphatic carbocycles. The lowest BCUT2D eigenvalue weighted by atomic mass is 10.3. The molecular weight excluding hydrogens is 220 g/mol. The smallest absolute Gasteiger partial charge is 0.150 e. The second-order valence-electron chi connectivity index (χ2n) is 4.12. The van der Waals surface area contributed by atoms with Gasteiger partial charge in [-0.25, -0.2) is 0 Å². The molecule has 0 saturated heterocycles. The lowest BCUT2D eigenvalue weighted by molar-refractivity contribution is 0.267. The van der Waals surface area contributed by atoms with Crippen molar-refractivity contribution in [1.82, 2.24) is 10.1 Å². The third kappa shape index (κ3) is 2.93. The predicted octanol–water partition coefficient (Wildman–Crippen LogP) is 2.98. The highest BCUT2D eigenvalue weighted by atomic mass is 32.1. The summed E-state index contributed by atoms with van der Waals surface area (Å²) in [6.07, 6.45) is 0. The van der Waals surface area contributed by atoms with Crippen LogP contribution in [0.5, 0.6) is 0 Å². The topological polar surface area (TPSA) is 29.3 Å². The molecular formula is C12H16N2OS. The van der Waals surface area contributed by atoms with E-state index in [2.05, 4.69) is 36.2 Å². The SMILES string of the molecule is Cc1cc(CN(C)Cc2ccc(C)s2)on1. The van der Waals surface area contributed by atoms with E-state index in [1.165, 1.54) is 9.75 Å². The summed E-state index contributed by atoms with van der Waals surface area (Å²) in [5, 5.41) is 3.88.